The number of nitrogens with zero attached hydrogens (tertiary/aromatic N) is 1. The number of benzene rings is 1. The molecule has 3 heteroatoms. The summed E-state index contributed by atoms with van der Waals surface area (Å²) in [4.78, 5) is 4.57. The highest BCUT2D eigenvalue weighted by atomic mass is 15.0. The van der Waals surface area contributed by atoms with Crippen LogP contribution in [0.5, 0.6) is 0 Å². The zero-order valence-electron chi connectivity index (χ0n) is 11.6. The van der Waals surface area contributed by atoms with Crippen LogP contribution in [0.2, 0.25) is 0 Å². The van der Waals surface area contributed by atoms with E-state index in [-0.39, 0.29) is 6.04 Å². The zero-order valence-corrected chi connectivity index (χ0v) is 11.6. The van der Waals surface area contributed by atoms with Gasteiger partial charge in [-0.1, -0.05) is 43.3 Å². The first-order chi connectivity index (χ1) is 9.20. The van der Waals surface area contributed by atoms with Gasteiger partial charge in [0.25, 0.3) is 0 Å². The molecule has 1 atom stereocenters. The average Bonchev–Trinajstić information content (AvgIpc) is 2.45. The number of nitrogens with two attached hydrogens (primary N) is 1. The standard InChI is InChI=1S/C16H21N3/c1-3-15(17)14-9-10-16(19-12(14)2)18-11-13-7-5-4-6-8-13/h4-10,15H,3,11,17H2,1-2H3,(H,18,19)/t15-/m1/s1. The number of aromatic nitrogens is 1. The van der Waals surface area contributed by atoms with E-state index in [2.05, 4.69) is 35.4 Å². The van der Waals surface area contributed by atoms with Crippen LogP contribution in [0.4, 0.5) is 5.82 Å². The normalized spacial score (nSPS) is 12.2. The summed E-state index contributed by atoms with van der Waals surface area (Å²) in [5.74, 6) is 0.897. The van der Waals surface area contributed by atoms with Gasteiger partial charge in [0.2, 0.25) is 0 Å². The molecule has 19 heavy (non-hydrogen) atoms. The lowest BCUT2D eigenvalue weighted by molar-refractivity contribution is 0.689. The fraction of sp³-hybridized carbons (Fsp3) is 0.312. The van der Waals surface area contributed by atoms with E-state index in [1.165, 1.54) is 5.56 Å². The average molecular weight is 255 g/mol. The summed E-state index contributed by atoms with van der Waals surface area (Å²) in [7, 11) is 0. The summed E-state index contributed by atoms with van der Waals surface area (Å²) in [5, 5.41) is 3.33. The van der Waals surface area contributed by atoms with Crippen molar-refractivity contribution in [2.75, 3.05) is 5.32 Å². The van der Waals surface area contributed by atoms with Crippen molar-refractivity contribution in [2.24, 2.45) is 5.73 Å². The second-order valence-corrected chi connectivity index (χ2v) is 4.73. The van der Waals surface area contributed by atoms with E-state index in [4.69, 9.17) is 5.73 Å². The van der Waals surface area contributed by atoms with E-state index in [0.29, 0.717) is 0 Å². The highest BCUT2D eigenvalue weighted by molar-refractivity contribution is 5.40. The molecule has 1 aromatic carbocycles. The summed E-state index contributed by atoms with van der Waals surface area (Å²) in [6, 6.07) is 14.5. The molecule has 1 aromatic heterocycles. The van der Waals surface area contributed by atoms with Crippen molar-refractivity contribution in [2.45, 2.75) is 32.9 Å². The minimum Gasteiger partial charge on any atom is -0.366 e. The molecule has 0 aliphatic rings. The number of anilines is 1. The predicted molar refractivity (Wildman–Crippen MR) is 80.0 cm³/mol. The third-order valence-corrected chi connectivity index (χ3v) is 3.28. The van der Waals surface area contributed by atoms with E-state index >= 15 is 0 Å². The van der Waals surface area contributed by atoms with Crippen molar-refractivity contribution in [3.05, 3.63) is 59.3 Å². The van der Waals surface area contributed by atoms with Gasteiger partial charge in [0.1, 0.15) is 5.82 Å². The molecule has 0 aliphatic heterocycles. The fourth-order valence-electron chi connectivity index (χ4n) is 2.07. The second-order valence-electron chi connectivity index (χ2n) is 4.73. The van der Waals surface area contributed by atoms with Crippen LogP contribution in [0.1, 0.15) is 36.2 Å². The first kappa shape index (κ1) is 13.6. The van der Waals surface area contributed by atoms with Gasteiger partial charge in [-0.05, 0) is 30.5 Å². The summed E-state index contributed by atoms with van der Waals surface area (Å²) < 4.78 is 0. The van der Waals surface area contributed by atoms with Crippen molar-refractivity contribution >= 4 is 5.82 Å². The van der Waals surface area contributed by atoms with Crippen molar-refractivity contribution in [1.82, 2.24) is 4.98 Å². The summed E-state index contributed by atoms with van der Waals surface area (Å²) in [6.45, 7) is 4.89. The Morgan fingerprint density at radius 2 is 1.89 bits per heavy atom. The van der Waals surface area contributed by atoms with Crippen LogP contribution in [-0.2, 0) is 6.54 Å². The van der Waals surface area contributed by atoms with E-state index in [1.807, 2.05) is 31.2 Å². The van der Waals surface area contributed by atoms with Gasteiger partial charge in [-0.25, -0.2) is 4.98 Å². The molecule has 3 N–H and O–H groups in total. The lowest BCUT2D eigenvalue weighted by atomic mass is 10.0. The van der Waals surface area contributed by atoms with Gasteiger partial charge in [0, 0.05) is 18.3 Å². The largest absolute Gasteiger partial charge is 0.366 e. The van der Waals surface area contributed by atoms with Gasteiger partial charge in [-0.3, -0.25) is 0 Å². The minimum absolute atomic E-state index is 0.0793. The number of hydrogen-bond donors (Lipinski definition) is 2. The van der Waals surface area contributed by atoms with Crippen molar-refractivity contribution in [3.63, 3.8) is 0 Å². The quantitative estimate of drug-likeness (QED) is 0.860. The second kappa shape index (κ2) is 6.34. The highest BCUT2D eigenvalue weighted by Crippen LogP contribution is 2.19. The van der Waals surface area contributed by atoms with E-state index in [1.54, 1.807) is 0 Å². The number of nitrogens with one attached hydrogen (secondary N) is 1. The Bertz CT molecular complexity index is 523. The van der Waals surface area contributed by atoms with Gasteiger partial charge >= 0.3 is 0 Å². The van der Waals surface area contributed by atoms with Crippen molar-refractivity contribution < 1.29 is 0 Å². The van der Waals surface area contributed by atoms with Crippen molar-refractivity contribution in [3.8, 4) is 0 Å². The molecule has 0 unspecified atom stereocenters. The maximum atomic E-state index is 6.05. The Balaban J connectivity index is 2.04. The minimum atomic E-state index is 0.0793. The number of rotatable bonds is 5. The molecule has 2 aromatic rings. The Kier molecular flexibility index (Phi) is 4.53. The van der Waals surface area contributed by atoms with Crippen LogP contribution in [-0.4, -0.2) is 4.98 Å². The SMILES string of the molecule is CC[C@@H](N)c1ccc(NCc2ccccc2)nc1C. The first-order valence-corrected chi connectivity index (χ1v) is 6.71. The maximum absolute atomic E-state index is 6.05. The fourth-order valence-corrected chi connectivity index (χ4v) is 2.07. The summed E-state index contributed by atoms with van der Waals surface area (Å²) in [5.41, 5.74) is 9.44. The molecule has 0 fully saturated rings. The molecule has 0 saturated heterocycles. The Morgan fingerprint density at radius 3 is 2.53 bits per heavy atom. The molecule has 100 valence electrons. The van der Waals surface area contributed by atoms with Crippen LogP contribution < -0.4 is 11.1 Å². The third kappa shape index (κ3) is 3.55. The van der Waals surface area contributed by atoms with Gasteiger partial charge < -0.3 is 11.1 Å². The molecule has 2 rings (SSSR count). The van der Waals surface area contributed by atoms with Crippen LogP contribution in [0.15, 0.2) is 42.5 Å². The van der Waals surface area contributed by atoms with Crippen LogP contribution in [0.25, 0.3) is 0 Å². The topological polar surface area (TPSA) is 50.9 Å². The molecule has 1 heterocycles. The third-order valence-electron chi connectivity index (χ3n) is 3.28. The number of pyridine rings is 1. The van der Waals surface area contributed by atoms with Crippen LogP contribution >= 0.6 is 0 Å². The number of aryl methyl sites for hydroxylation is 1. The molecular formula is C16H21N3. The molecular weight excluding hydrogens is 234 g/mol. The van der Waals surface area contributed by atoms with Crippen LogP contribution in [0, 0.1) is 6.92 Å². The first-order valence-electron chi connectivity index (χ1n) is 6.71. The Labute approximate surface area is 114 Å². The summed E-state index contributed by atoms with van der Waals surface area (Å²) in [6.07, 6.45) is 0.930. The van der Waals surface area contributed by atoms with Gasteiger partial charge in [-0.2, -0.15) is 0 Å². The van der Waals surface area contributed by atoms with E-state index in [9.17, 15) is 0 Å². The van der Waals surface area contributed by atoms with Crippen molar-refractivity contribution in [1.29, 1.82) is 0 Å². The monoisotopic (exact) mass is 255 g/mol. The molecule has 0 bridgehead atoms. The van der Waals surface area contributed by atoms with Gasteiger partial charge in [0.15, 0.2) is 0 Å². The van der Waals surface area contributed by atoms with E-state index in [0.717, 1.165) is 30.0 Å². The smallest absolute Gasteiger partial charge is 0.126 e. The van der Waals surface area contributed by atoms with Gasteiger partial charge in [0.05, 0.1) is 0 Å². The molecule has 0 radical (unpaired) electrons. The molecule has 0 amide bonds. The molecule has 0 saturated carbocycles. The predicted octanol–water partition coefficient (Wildman–Crippen LogP) is 3.41. The van der Waals surface area contributed by atoms with Gasteiger partial charge in [-0.15, -0.1) is 0 Å². The molecule has 0 aliphatic carbocycles. The highest BCUT2D eigenvalue weighted by Gasteiger charge is 2.08. The zero-order chi connectivity index (χ0) is 13.7. The Morgan fingerprint density at radius 1 is 1.16 bits per heavy atom. The van der Waals surface area contributed by atoms with Crippen LogP contribution in [0.3, 0.4) is 0 Å². The van der Waals surface area contributed by atoms with E-state index < -0.39 is 0 Å². The number of hydrogen-bond acceptors (Lipinski definition) is 3. The lowest BCUT2D eigenvalue weighted by Crippen LogP contribution is -2.12. The lowest BCUT2D eigenvalue weighted by Gasteiger charge is -2.13. The Hall–Kier alpha value is -1.87. The molecule has 3 nitrogen and oxygen atoms in total. The maximum Gasteiger partial charge on any atom is 0.126 e. The molecule has 0 spiro atoms. The summed E-state index contributed by atoms with van der Waals surface area (Å²) >= 11 is 0.